The molecule has 2 aromatic heterocycles. The summed E-state index contributed by atoms with van der Waals surface area (Å²) in [6.45, 7) is 3.11. The summed E-state index contributed by atoms with van der Waals surface area (Å²) in [7, 11) is 1.81. The van der Waals surface area contributed by atoms with E-state index in [0.717, 1.165) is 22.7 Å². The number of pyridine rings is 1. The Kier molecular flexibility index (Phi) is 3.80. The standard InChI is InChI=1S/C19H19N3O3/c1-13(14-3-5-16-17(11-14)25-10-9-24-16)21(2)19(23)15-4-6-18-20-7-8-22(18)12-15/h3-8,11-13H,9-10H2,1-2H3/t13-/m1/s1. The van der Waals surface area contributed by atoms with Gasteiger partial charge < -0.3 is 18.8 Å². The van der Waals surface area contributed by atoms with Crippen molar-refractivity contribution in [1.29, 1.82) is 0 Å². The summed E-state index contributed by atoms with van der Waals surface area (Å²) < 4.78 is 13.0. The molecule has 1 amide bonds. The molecule has 0 radical (unpaired) electrons. The SMILES string of the molecule is C[C@H](c1ccc2c(c1)OCCO2)N(C)C(=O)c1ccc2nccn2c1. The number of carbonyl (C=O) groups excluding carboxylic acids is 1. The molecule has 0 bridgehead atoms. The summed E-state index contributed by atoms with van der Waals surface area (Å²) in [5.74, 6) is 1.44. The summed E-state index contributed by atoms with van der Waals surface area (Å²) in [5, 5.41) is 0. The number of nitrogens with zero attached hydrogens (tertiary/aromatic N) is 3. The van der Waals surface area contributed by atoms with Crippen LogP contribution in [0, 0.1) is 0 Å². The molecule has 3 heterocycles. The molecule has 128 valence electrons. The molecule has 3 aromatic rings. The van der Waals surface area contributed by atoms with Gasteiger partial charge in [-0.25, -0.2) is 4.98 Å². The van der Waals surface area contributed by atoms with Crippen LogP contribution in [0.5, 0.6) is 11.5 Å². The minimum absolute atomic E-state index is 0.0435. The molecule has 1 aromatic carbocycles. The van der Waals surface area contributed by atoms with Gasteiger partial charge in [-0.3, -0.25) is 4.79 Å². The predicted octanol–water partition coefficient (Wildman–Crippen LogP) is 2.94. The zero-order valence-corrected chi connectivity index (χ0v) is 14.2. The third-order valence-electron chi connectivity index (χ3n) is 4.59. The number of rotatable bonds is 3. The Labute approximate surface area is 145 Å². The van der Waals surface area contributed by atoms with Gasteiger partial charge in [-0.1, -0.05) is 6.07 Å². The van der Waals surface area contributed by atoms with Crippen LogP contribution in [0.15, 0.2) is 48.9 Å². The lowest BCUT2D eigenvalue weighted by atomic mass is 10.1. The average molecular weight is 337 g/mol. The van der Waals surface area contributed by atoms with E-state index in [9.17, 15) is 4.79 Å². The lowest BCUT2D eigenvalue weighted by Gasteiger charge is -2.27. The van der Waals surface area contributed by atoms with Crippen molar-refractivity contribution in [3.05, 3.63) is 60.0 Å². The quantitative estimate of drug-likeness (QED) is 0.737. The van der Waals surface area contributed by atoms with Gasteiger partial charge in [-0.05, 0) is 36.8 Å². The van der Waals surface area contributed by atoms with Crippen molar-refractivity contribution in [1.82, 2.24) is 14.3 Å². The molecule has 25 heavy (non-hydrogen) atoms. The van der Waals surface area contributed by atoms with E-state index < -0.39 is 0 Å². The second-order valence-corrected chi connectivity index (χ2v) is 6.11. The molecule has 1 atom stereocenters. The second kappa shape index (κ2) is 6.12. The molecule has 0 saturated carbocycles. The third kappa shape index (κ3) is 2.80. The Morgan fingerprint density at radius 1 is 1.20 bits per heavy atom. The zero-order valence-electron chi connectivity index (χ0n) is 14.2. The molecule has 0 aliphatic carbocycles. The van der Waals surface area contributed by atoms with Gasteiger partial charge in [0.1, 0.15) is 18.9 Å². The minimum Gasteiger partial charge on any atom is -0.486 e. The highest BCUT2D eigenvalue weighted by atomic mass is 16.6. The topological polar surface area (TPSA) is 56.1 Å². The molecule has 1 aliphatic heterocycles. The van der Waals surface area contributed by atoms with Crippen molar-refractivity contribution in [2.45, 2.75) is 13.0 Å². The van der Waals surface area contributed by atoms with Crippen LogP contribution in [0.1, 0.15) is 28.9 Å². The number of fused-ring (bicyclic) bond motifs is 2. The number of hydrogen-bond donors (Lipinski definition) is 0. The first-order chi connectivity index (χ1) is 12.1. The predicted molar refractivity (Wildman–Crippen MR) is 93.1 cm³/mol. The van der Waals surface area contributed by atoms with Gasteiger partial charge in [0.25, 0.3) is 5.91 Å². The number of benzene rings is 1. The van der Waals surface area contributed by atoms with E-state index in [4.69, 9.17) is 9.47 Å². The highest BCUT2D eigenvalue weighted by molar-refractivity contribution is 5.94. The first-order valence-electron chi connectivity index (χ1n) is 8.23. The molecule has 0 unspecified atom stereocenters. The number of aromatic nitrogens is 2. The van der Waals surface area contributed by atoms with Gasteiger partial charge in [0.15, 0.2) is 11.5 Å². The Morgan fingerprint density at radius 2 is 2.00 bits per heavy atom. The highest BCUT2D eigenvalue weighted by Gasteiger charge is 2.21. The van der Waals surface area contributed by atoms with Crippen molar-refractivity contribution < 1.29 is 14.3 Å². The monoisotopic (exact) mass is 337 g/mol. The van der Waals surface area contributed by atoms with E-state index in [-0.39, 0.29) is 11.9 Å². The van der Waals surface area contributed by atoms with E-state index >= 15 is 0 Å². The summed E-state index contributed by atoms with van der Waals surface area (Å²) in [6, 6.07) is 9.37. The molecule has 0 saturated heterocycles. The number of hydrogen-bond acceptors (Lipinski definition) is 4. The van der Waals surface area contributed by atoms with E-state index in [1.807, 2.05) is 48.8 Å². The Balaban J connectivity index is 1.58. The first-order valence-corrected chi connectivity index (χ1v) is 8.23. The fourth-order valence-corrected chi connectivity index (χ4v) is 2.97. The van der Waals surface area contributed by atoms with Crippen LogP contribution in [0.2, 0.25) is 0 Å². The second-order valence-electron chi connectivity index (χ2n) is 6.11. The molecule has 0 fully saturated rings. The number of imidazole rings is 1. The average Bonchev–Trinajstić information content (AvgIpc) is 3.13. The number of carbonyl (C=O) groups is 1. The molecule has 0 N–H and O–H groups in total. The summed E-state index contributed by atoms with van der Waals surface area (Å²) in [5.41, 5.74) is 2.44. The maximum absolute atomic E-state index is 12.8. The summed E-state index contributed by atoms with van der Waals surface area (Å²) in [6.07, 6.45) is 5.35. The molecular formula is C19H19N3O3. The molecule has 6 heteroatoms. The van der Waals surface area contributed by atoms with Gasteiger partial charge >= 0.3 is 0 Å². The van der Waals surface area contributed by atoms with Gasteiger partial charge in [-0.15, -0.1) is 0 Å². The first kappa shape index (κ1) is 15.5. The van der Waals surface area contributed by atoms with Gasteiger partial charge in [0.2, 0.25) is 0 Å². The summed E-state index contributed by atoms with van der Waals surface area (Å²) in [4.78, 5) is 18.8. The Bertz CT molecular complexity index is 935. The van der Waals surface area contributed by atoms with Crippen molar-refractivity contribution >= 4 is 11.6 Å². The normalized spacial score (nSPS) is 14.3. The van der Waals surface area contributed by atoms with Gasteiger partial charge in [0, 0.05) is 25.6 Å². The third-order valence-corrected chi connectivity index (χ3v) is 4.59. The maximum atomic E-state index is 12.8. The minimum atomic E-state index is -0.0955. The van der Waals surface area contributed by atoms with Crippen molar-refractivity contribution in [3.8, 4) is 11.5 Å². The fourth-order valence-electron chi connectivity index (χ4n) is 2.97. The van der Waals surface area contributed by atoms with Crippen LogP contribution in [0.25, 0.3) is 5.65 Å². The smallest absolute Gasteiger partial charge is 0.255 e. The van der Waals surface area contributed by atoms with Crippen molar-refractivity contribution in [3.63, 3.8) is 0 Å². The zero-order chi connectivity index (χ0) is 17.4. The van der Waals surface area contributed by atoms with Crippen LogP contribution in [-0.2, 0) is 0 Å². The summed E-state index contributed by atoms with van der Waals surface area (Å²) >= 11 is 0. The molecular weight excluding hydrogens is 318 g/mol. The lowest BCUT2D eigenvalue weighted by molar-refractivity contribution is 0.0741. The van der Waals surface area contributed by atoms with E-state index in [0.29, 0.717) is 18.8 Å². The fraction of sp³-hybridized carbons (Fsp3) is 0.263. The lowest BCUT2D eigenvalue weighted by Crippen LogP contribution is -2.30. The molecule has 4 rings (SSSR count). The van der Waals surface area contributed by atoms with Crippen molar-refractivity contribution in [2.24, 2.45) is 0 Å². The molecule has 0 spiro atoms. The van der Waals surface area contributed by atoms with Crippen LogP contribution in [0.3, 0.4) is 0 Å². The highest BCUT2D eigenvalue weighted by Crippen LogP contribution is 2.34. The molecule has 6 nitrogen and oxygen atoms in total. The Morgan fingerprint density at radius 3 is 2.84 bits per heavy atom. The number of ether oxygens (including phenoxy) is 2. The van der Waals surface area contributed by atoms with E-state index in [2.05, 4.69) is 4.98 Å². The van der Waals surface area contributed by atoms with Crippen LogP contribution in [0.4, 0.5) is 0 Å². The van der Waals surface area contributed by atoms with E-state index in [1.165, 1.54) is 0 Å². The largest absolute Gasteiger partial charge is 0.486 e. The van der Waals surface area contributed by atoms with Crippen molar-refractivity contribution in [2.75, 3.05) is 20.3 Å². The van der Waals surface area contributed by atoms with Gasteiger partial charge in [-0.2, -0.15) is 0 Å². The van der Waals surface area contributed by atoms with E-state index in [1.54, 1.807) is 23.4 Å². The van der Waals surface area contributed by atoms with Gasteiger partial charge in [0.05, 0.1) is 11.6 Å². The number of amides is 1. The van der Waals surface area contributed by atoms with Crippen LogP contribution in [-0.4, -0.2) is 40.5 Å². The Hall–Kier alpha value is -3.02. The maximum Gasteiger partial charge on any atom is 0.255 e. The molecule has 1 aliphatic rings. The van der Waals surface area contributed by atoms with Crippen LogP contribution < -0.4 is 9.47 Å². The van der Waals surface area contributed by atoms with Crippen LogP contribution >= 0.6 is 0 Å².